The molecule has 0 atom stereocenters. The predicted octanol–water partition coefficient (Wildman–Crippen LogP) is 1.85. The van der Waals surface area contributed by atoms with Crippen LogP contribution < -0.4 is 17.0 Å². The van der Waals surface area contributed by atoms with Crippen LogP contribution in [0.1, 0.15) is 41.0 Å². The zero-order chi connectivity index (χ0) is 19.4. The molecule has 2 heterocycles. The molecule has 0 spiro atoms. The van der Waals surface area contributed by atoms with Gasteiger partial charge >= 0.3 is 11.7 Å². The average Bonchev–Trinajstić information content (AvgIpc) is 2.87. The monoisotopic (exact) mass is 368 g/mol. The molecule has 2 aromatic heterocycles. The molecule has 140 valence electrons. The Morgan fingerprint density at radius 2 is 1.81 bits per heavy atom. The van der Waals surface area contributed by atoms with Gasteiger partial charge in [-0.15, -0.1) is 0 Å². The van der Waals surface area contributed by atoms with Gasteiger partial charge in [-0.1, -0.05) is 24.6 Å². The molecule has 0 radical (unpaired) electrons. The van der Waals surface area contributed by atoms with E-state index in [1.54, 1.807) is 0 Å². The van der Waals surface area contributed by atoms with E-state index in [-0.39, 0.29) is 0 Å². The number of carbonyl (C=O) groups is 1. The molecule has 5 N–H and O–H groups in total. The van der Waals surface area contributed by atoms with Crippen LogP contribution in [0.15, 0.2) is 39.9 Å². The number of hydrogen-bond donors (Lipinski definition) is 4. The van der Waals surface area contributed by atoms with Crippen molar-refractivity contribution in [3.05, 3.63) is 68.1 Å². The zero-order valence-corrected chi connectivity index (χ0v) is 14.6. The number of benzene rings is 1. The lowest BCUT2D eigenvalue weighted by atomic mass is 10.0. The van der Waals surface area contributed by atoms with Crippen molar-refractivity contribution in [3.63, 3.8) is 0 Å². The molecule has 4 rings (SSSR count). The Balaban J connectivity index is 0.000000168. The zero-order valence-electron chi connectivity index (χ0n) is 14.6. The number of H-pyrrole nitrogens is 2. The summed E-state index contributed by atoms with van der Waals surface area (Å²) in [6.45, 7) is 0. The van der Waals surface area contributed by atoms with Crippen LogP contribution in [-0.4, -0.2) is 26.0 Å². The molecule has 1 aliphatic carbocycles. The van der Waals surface area contributed by atoms with Crippen molar-refractivity contribution >= 4 is 22.6 Å². The molecule has 0 saturated carbocycles. The van der Waals surface area contributed by atoms with Crippen LogP contribution in [0, 0.1) is 0 Å². The summed E-state index contributed by atoms with van der Waals surface area (Å²) in [4.78, 5) is 39.6. The molecule has 0 fully saturated rings. The third-order valence-corrected chi connectivity index (χ3v) is 4.45. The van der Waals surface area contributed by atoms with Crippen LogP contribution in [0.25, 0.3) is 10.9 Å². The van der Waals surface area contributed by atoms with Gasteiger partial charge in [0.05, 0.1) is 5.52 Å². The summed E-state index contributed by atoms with van der Waals surface area (Å²) in [5, 5.41) is 9.42. The highest BCUT2D eigenvalue weighted by atomic mass is 16.4. The minimum atomic E-state index is -1.34. The molecule has 0 unspecified atom stereocenters. The van der Waals surface area contributed by atoms with Crippen molar-refractivity contribution in [3.8, 4) is 0 Å². The molecule has 8 nitrogen and oxygen atoms in total. The minimum Gasteiger partial charge on any atom is -0.477 e. The first kappa shape index (κ1) is 18.4. The van der Waals surface area contributed by atoms with Crippen molar-refractivity contribution in [2.24, 2.45) is 0 Å². The van der Waals surface area contributed by atoms with Crippen molar-refractivity contribution < 1.29 is 9.90 Å². The van der Waals surface area contributed by atoms with Gasteiger partial charge in [-0.3, -0.25) is 14.8 Å². The highest BCUT2D eigenvalue weighted by molar-refractivity contribution is 5.92. The van der Waals surface area contributed by atoms with Crippen LogP contribution in [0.3, 0.4) is 0 Å². The number of carboxylic acid groups (broad SMARTS) is 1. The summed E-state index contributed by atoms with van der Waals surface area (Å²) in [5.74, 6) is -1.34. The number of aromatic carboxylic acids is 1. The molecule has 27 heavy (non-hydrogen) atoms. The summed E-state index contributed by atoms with van der Waals surface area (Å²) in [6, 6.07) is 8.98. The number of para-hydroxylation sites is 1. The lowest BCUT2D eigenvalue weighted by Gasteiger charge is -2.11. The number of nitrogens with one attached hydrogen (secondary N) is 2. The summed E-state index contributed by atoms with van der Waals surface area (Å²) < 4.78 is 0. The van der Waals surface area contributed by atoms with E-state index in [1.165, 1.54) is 30.5 Å². The standard InChI is InChI=1S/C14H16N2.C5H4N2O4/c15-14-10-6-2-1-3-8-12(10)16-13-9-5-4-7-11(13)14;8-3-1-2(4(9)10)6-5(11)7-3/h4-5,7,9H,1-3,6,8H2,(H2,15,16);1H,(H,9,10)(H2,6,7,8,11). The fourth-order valence-corrected chi connectivity index (χ4v) is 3.17. The van der Waals surface area contributed by atoms with E-state index in [0.717, 1.165) is 35.5 Å². The number of nitrogens with two attached hydrogens (primary N) is 1. The number of anilines is 1. The molecule has 0 aliphatic heterocycles. The van der Waals surface area contributed by atoms with Crippen LogP contribution in [0.4, 0.5) is 5.69 Å². The van der Waals surface area contributed by atoms with E-state index in [0.29, 0.717) is 0 Å². The second-order valence-electron chi connectivity index (χ2n) is 6.34. The fraction of sp³-hybridized carbons (Fsp3) is 0.263. The van der Waals surface area contributed by atoms with Crippen LogP contribution in [-0.2, 0) is 12.8 Å². The predicted molar refractivity (Wildman–Crippen MR) is 102 cm³/mol. The number of aromatic nitrogens is 3. The van der Waals surface area contributed by atoms with Gasteiger partial charge in [0.1, 0.15) is 5.69 Å². The summed E-state index contributed by atoms with van der Waals surface area (Å²) in [7, 11) is 0. The SMILES string of the molecule is Nc1c2c(nc3ccccc13)CCCCC2.O=C(O)c1cc(=O)[nH]c(=O)[nH]1. The Hall–Kier alpha value is -3.42. The molecule has 1 aliphatic rings. The number of fused-ring (bicyclic) bond motifs is 2. The third kappa shape index (κ3) is 4.22. The normalized spacial score (nSPS) is 13.2. The first-order valence-electron chi connectivity index (χ1n) is 8.68. The number of nitrogens with zero attached hydrogens (tertiary/aromatic N) is 1. The smallest absolute Gasteiger partial charge is 0.352 e. The fourth-order valence-electron chi connectivity index (χ4n) is 3.17. The van der Waals surface area contributed by atoms with Gasteiger partial charge in [0.15, 0.2) is 0 Å². The third-order valence-electron chi connectivity index (χ3n) is 4.45. The van der Waals surface area contributed by atoms with Gasteiger partial charge in [0.25, 0.3) is 5.56 Å². The molecule has 0 amide bonds. The molecule has 8 heteroatoms. The number of rotatable bonds is 1. The Labute approximate surface area is 154 Å². The molecule has 0 saturated heterocycles. The lowest BCUT2D eigenvalue weighted by Crippen LogP contribution is -2.24. The maximum Gasteiger partial charge on any atom is 0.352 e. The van der Waals surface area contributed by atoms with E-state index >= 15 is 0 Å². The van der Waals surface area contributed by atoms with Crippen molar-refractivity contribution in [1.82, 2.24) is 15.0 Å². The number of hydrogen-bond acceptors (Lipinski definition) is 5. The van der Waals surface area contributed by atoms with Crippen LogP contribution >= 0.6 is 0 Å². The lowest BCUT2D eigenvalue weighted by molar-refractivity contribution is 0.0689. The Morgan fingerprint density at radius 3 is 2.56 bits per heavy atom. The minimum absolute atomic E-state index is 0.418. The largest absolute Gasteiger partial charge is 0.477 e. The van der Waals surface area contributed by atoms with E-state index in [4.69, 9.17) is 15.8 Å². The number of nitrogen functional groups attached to an aromatic ring is 1. The maximum atomic E-state index is 10.5. The Bertz CT molecular complexity index is 1070. The average molecular weight is 368 g/mol. The Kier molecular flexibility index (Phi) is 5.35. The second-order valence-corrected chi connectivity index (χ2v) is 6.34. The number of carboxylic acids is 1. The quantitative estimate of drug-likeness (QED) is 0.483. The first-order valence-corrected chi connectivity index (χ1v) is 8.68. The van der Waals surface area contributed by atoms with Crippen molar-refractivity contribution in [1.29, 1.82) is 0 Å². The van der Waals surface area contributed by atoms with Gasteiger partial charge in [0, 0.05) is 22.8 Å². The van der Waals surface area contributed by atoms with E-state index in [2.05, 4.69) is 12.1 Å². The number of aromatic amines is 2. The Morgan fingerprint density at radius 1 is 1.07 bits per heavy atom. The van der Waals surface area contributed by atoms with Gasteiger partial charge in [-0.2, -0.15) is 0 Å². The number of pyridine rings is 1. The molecular weight excluding hydrogens is 348 g/mol. The van der Waals surface area contributed by atoms with Gasteiger partial charge in [-0.25, -0.2) is 9.59 Å². The molecule has 3 aromatic rings. The van der Waals surface area contributed by atoms with Crippen LogP contribution in [0.2, 0.25) is 0 Å². The highest BCUT2D eigenvalue weighted by Gasteiger charge is 2.14. The summed E-state index contributed by atoms with van der Waals surface area (Å²) in [6.07, 6.45) is 5.98. The van der Waals surface area contributed by atoms with Gasteiger partial charge < -0.3 is 15.8 Å². The maximum absolute atomic E-state index is 10.5. The molecule has 0 bridgehead atoms. The van der Waals surface area contributed by atoms with Crippen LogP contribution in [0.5, 0.6) is 0 Å². The van der Waals surface area contributed by atoms with E-state index in [1.807, 2.05) is 22.1 Å². The summed E-state index contributed by atoms with van der Waals surface area (Å²) >= 11 is 0. The van der Waals surface area contributed by atoms with Gasteiger partial charge in [0.2, 0.25) is 0 Å². The first-order chi connectivity index (χ1) is 13.0. The summed E-state index contributed by atoms with van der Waals surface area (Å²) in [5.41, 5.74) is 8.83. The van der Waals surface area contributed by atoms with Crippen molar-refractivity contribution in [2.45, 2.75) is 32.1 Å². The second kappa shape index (κ2) is 7.86. The van der Waals surface area contributed by atoms with E-state index < -0.39 is 22.9 Å². The van der Waals surface area contributed by atoms with Gasteiger partial charge in [-0.05, 0) is 37.3 Å². The number of aryl methyl sites for hydroxylation is 1. The highest BCUT2D eigenvalue weighted by Crippen LogP contribution is 2.30. The van der Waals surface area contributed by atoms with Crippen molar-refractivity contribution in [2.75, 3.05) is 5.73 Å². The molecular formula is C19H20N4O4. The van der Waals surface area contributed by atoms with E-state index in [9.17, 15) is 14.4 Å². The molecule has 1 aromatic carbocycles. The topological polar surface area (TPSA) is 142 Å².